The summed E-state index contributed by atoms with van der Waals surface area (Å²) in [5.41, 5.74) is 8.04. The molecule has 2 unspecified atom stereocenters. The molecule has 1 aromatic rings. The van der Waals surface area contributed by atoms with Gasteiger partial charge in [0.25, 0.3) is 0 Å². The molecule has 3 N–H and O–H groups in total. The van der Waals surface area contributed by atoms with E-state index in [0.29, 0.717) is 13.2 Å². The van der Waals surface area contributed by atoms with E-state index in [-0.39, 0.29) is 12.6 Å². The van der Waals surface area contributed by atoms with Gasteiger partial charge < -0.3 is 20.3 Å². The van der Waals surface area contributed by atoms with E-state index >= 15 is 0 Å². The molecule has 0 heterocycles. The first-order valence-corrected chi connectivity index (χ1v) is 7.29. The van der Waals surface area contributed by atoms with E-state index in [4.69, 9.17) is 15.2 Å². The largest absolute Gasteiger partial charge is 0.490 e. The first-order valence-electron chi connectivity index (χ1n) is 7.29. The predicted molar refractivity (Wildman–Crippen MR) is 81.0 cm³/mol. The van der Waals surface area contributed by atoms with Crippen molar-refractivity contribution in [3.8, 4) is 5.75 Å². The van der Waals surface area contributed by atoms with Crippen molar-refractivity contribution in [3.05, 3.63) is 29.3 Å². The van der Waals surface area contributed by atoms with Crippen molar-refractivity contribution >= 4 is 0 Å². The van der Waals surface area contributed by atoms with Gasteiger partial charge in [-0.25, -0.2) is 0 Å². The molecule has 4 nitrogen and oxygen atoms in total. The molecule has 0 saturated carbocycles. The number of aliphatic hydroxyl groups excluding tert-OH is 1. The van der Waals surface area contributed by atoms with Gasteiger partial charge in [0.2, 0.25) is 0 Å². The number of aliphatic hydroxyl groups is 1. The maximum absolute atomic E-state index is 9.81. The van der Waals surface area contributed by atoms with Crippen molar-refractivity contribution in [1.29, 1.82) is 0 Å². The molecule has 20 heavy (non-hydrogen) atoms. The number of hydrogen-bond donors (Lipinski definition) is 2. The Labute approximate surface area is 121 Å². The number of hydrogen-bond acceptors (Lipinski definition) is 4. The average Bonchev–Trinajstić information content (AvgIpc) is 2.42. The van der Waals surface area contributed by atoms with Crippen LogP contribution in [-0.2, 0) is 4.74 Å². The Bertz CT molecular complexity index is 393. The maximum atomic E-state index is 9.81. The lowest BCUT2D eigenvalue weighted by Crippen LogP contribution is -2.24. The highest BCUT2D eigenvalue weighted by molar-refractivity contribution is 5.38. The number of nitrogens with two attached hydrogens (primary N) is 1. The molecule has 114 valence electrons. The molecular weight excluding hydrogens is 254 g/mol. The van der Waals surface area contributed by atoms with Gasteiger partial charge in [-0.1, -0.05) is 31.0 Å². The zero-order valence-electron chi connectivity index (χ0n) is 12.8. The van der Waals surface area contributed by atoms with Crippen LogP contribution >= 0.6 is 0 Å². The van der Waals surface area contributed by atoms with Crippen molar-refractivity contribution in [1.82, 2.24) is 0 Å². The van der Waals surface area contributed by atoms with Crippen LogP contribution in [0, 0.1) is 6.92 Å². The molecule has 0 aliphatic rings. The summed E-state index contributed by atoms with van der Waals surface area (Å²) in [5, 5.41) is 9.81. The number of benzene rings is 1. The third-order valence-electron chi connectivity index (χ3n) is 3.04. The van der Waals surface area contributed by atoms with Crippen LogP contribution in [0.5, 0.6) is 5.75 Å². The number of aryl methyl sites for hydroxylation is 1. The maximum Gasteiger partial charge on any atom is 0.124 e. The van der Waals surface area contributed by atoms with Crippen LogP contribution in [0.3, 0.4) is 0 Å². The molecular formula is C16H27NO3. The number of unbranched alkanes of at least 4 members (excludes halogenated alkanes) is 1. The second-order valence-corrected chi connectivity index (χ2v) is 5.22. The Kier molecular flexibility index (Phi) is 7.59. The summed E-state index contributed by atoms with van der Waals surface area (Å²) in [5.74, 6) is 0.734. The molecule has 1 rings (SSSR count). The molecule has 0 fully saturated rings. The highest BCUT2D eigenvalue weighted by Crippen LogP contribution is 2.25. The van der Waals surface area contributed by atoms with Crippen LogP contribution < -0.4 is 10.5 Å². The van der Waals surface area contributed by atoms with E-state index in [0.717, 1.165) is 29.7 Å². The fourth-order valence-electron chi connectivity index (χ4n) is 1.86. The Morgan fingerprint density at radius 2 is 2.05 bits per heavy atom. The third-order valence-corrected chi connectivity index (χ3v) is 3.04. The van der Waals surface area contributed by atoms with Crippen molar-refractivity contribution in [2.45, 2.75) is 45.8 Å². The Morgan fingerprint density at radius 3 is 2.70 bits per heavy atom. The van der Waals surface area contributed by atoms with Gasteiger partial charge in [0.05, 0.1) is 6.61 Å². The van der Waals surface area contributed by atoms with E-state index in [1.807, 2.05) is 32.0 Å². The van der Waals surface area contributed by atoms with E-state index < -0.39 is 6.10 Å². The van der Waals surface area contributed by atoms with Crippen LogP contribution in [0.4, 0.5) is 0 Å². The van der Waals surface area contributed by atoms with Gasteiger partial charge in [-0.3, -0.25) is 0 Å². The van der Waals surface area contributed by atoms with E-state index in [1.165, 1.54) is 0 Å². The predicted octanol–water partition coefficient (Wildman–Crippen LogP) is 2.57. The Balaban J connectivity index is 2.44. The minimum absolute atomic E-state index is 0.0946. The van der Waals surface area contributed by atoms with Crippen LogP contribution in [0.25, 0.3) is 0 Å². The SMILES string of the molecule is CCCCOCC(O)COc1ccc(C)cc1C(C)N. The van der Waals surface area contributed by atoms with Crippen LogP contribution in [-0.4, -0.2) is 31.0 Å². The molecule has 0 spiro atoms. The van der Waals surface area contributed by atoms with E-state index in [9.17, 15) is 5.11 Å². The lowest BCUT2D eigenvalue weighted by Gasteiger charge is -2.17. The van der Waals surface area contributed by atoms with Gasteiger partial charge in [-0.15, -0.1) is 0 Å². The third kappa shape index (κ3) is 5.90. The van der Waals surface area contributed by atoms with Gasteiger partial charge in [-0.2, -0.15) is 0 Å². The summed E-state index contributed by atoms with van der Waals surface area (Å²) >= 11 is 0. The zero-order chi connectivity index (χ0) is 15.0. The molecule has 2 atom stereocenters. The van der Waals surface area contributed by atoms with Crippen LogP contribution in [0.1, 0.15) is 43.9 Å². The standard InChI is InChI=1S/C16H27NO3/c1-4-5-8-19-10-14(18)11-20-16-7-6-12(2)9-15(16)13(3)17/h6-7,9,13-14,18H,4-5,8,10-11,17H2,1-3H3. The summed E-state index contributed by atoms with van der Waals surface area (Å²) in [4.78, 5) is 0. The van der Waals surface area contributed by atoms with Crippen molar-refractivity contribution < 1.29 is 14.6 Å². The topological polar surface area (TPSA) is 64.7 Å². The summed E-state index contributed by atoms with van der Waals surface area (Å²) in [6.45, 7) is 7.26. The summed E-state index contributed by atoms with van der Waals surface area (Å²) in [7, 11) is 0. The Hall–Kier alpha value is -1.10. The van der Waals surface area contributed by atoms with Gasteiger partial charge in [-0.05, 0) is 26.3 Å². The summed E-state index contributed by atoms with van der Waals surface area (Å²) in [6, 6.07) is 5.80. The molecule has 0 aromatic heterocycles. The van der Waals surface area contributed by atoms with Gasteiger partial charge >= 0.3 is 0 Å². The lowest BCUT2D eigenvalue weighted by atomic mass is 10.1. The van der Waals surface area contributed by atoms with Crippen LogP contribution in [0.15, 0.2) is 18.2 Å². The highest BCUT2D eigenvalue weighted by atomic mass is 16.5. The Morgan fingerprint density at radius 1 is 1.30 bits per heavy atom. The van der Waals surface area contributed by atoms with Gasteiger partial charge in [0.15, 0.2) is 0 Å². The normalized spacial score (nSPS) is 14.1. The smallest absolute Gasteiger partial charge is 0.124 e. The zero-order valence-corrected chi connectivity index (χ0v) is 12.8. The monoisotopic (exact) mass is 281 g/mol. The average molecular weight is 281 g/mol. The van der Waals surface area contributed by atoms with Gasteiger partial charge in [0, 0.05) is 18.2 Å². The molecule has 0 bridgehead atoms. The van der Waals surface area contributed by atoms with Crippen LogP contribution in [0.2, 0.25) is 0 Å². The minimum Gasteiger partial charge on any atom is -0.490 e. The van der Waals surface area contributed by atoms with Crippen molar-refractivity contribution in [2.75, 3.05) is 19.8 Å². The molecule has 0 saturated heterocycles. The molecule has 0 aliphatic carbocycles. The first kappa shape index (κ1) is 17.0. The second kappa shape index (κ2) is 8.95. The van der Waals surface area contributed by atoms with Gasteiger partial charge in [0.1, 0.15) is 18.5 Å². The van der Waals surface area contributed by atoms with Crippen molar-refractivity contribution in [2.24, 2.45) is 5.73 Å². The number of rotatable bonds is 9. The first-order chi connectivity index (χ1) is 9.54. The molecule has 1 aromatic carbocycles. The minimum atomic E-state index is -0.617. The molecule has 0 radical (unpaired) electrons. The molecule has 0 amide bonds. The second-order valence-electron chi connectivity index (χ2n) is 5.22. The summed E-state index contributed by atoms with van der Waals surface area (Å²) < 4.78 is 11.0. The fraction of sp³-hybridized carbons (Fsp3) is 0.625. The fourth-order valence-corrected chi connectivity index (χ4v) is 1.86. The molecule has 0 aliphatic heterocycles. The molecule has 4 heteroatoms. The van der Waals surface area contributed by atoms with E-state index in [2.05, 4.69) is 6.92 Å². The highest BCUT2D eigenvalue weighted by Gasteiger charge is 2.11. The quantitative estimate of drug-likeness (QED) is 0.683. The summed E-state index contributed by atoms with van der Waals surface area (Å²) in [6.07, 6.45) is 1.49. The van der Waals surface area contributed by atoms with Crippen molar-refractivity contribution in [3.63, 3.8) is 0 Å². The lowest BCUT2D eigenvalue weighted by molar-refractivity contribution is 0.0111. The number of ether oxygens (including phenoxy) is 2. The van der Waals surface area contributed by atoms with E-state index in [1.54, 1.807) is 0 Å².